The lowest BCUT2D eigenvalue weighted by atomic mass is 10.0. The van der Waals surface area contributed by atoms with E-state index in [1.54, 1.807) is 18.2 Å². The lowest BCUT2D eigenvalue weighted by Gasteiger charge is -2.04. The standard InChI is InChI=1S/C18H16BrNO2/c19-13-8-9-15(18(22)10-13)17(21)7-3-4-12-11-20-16-6-2-1-5-14(12)16/h1-2,5-6,8-11,20,22H,3-4,7H2. The fraction of sp³-hybridized carbons (Fsp3) is 0.167. The first-order valence-electron chi connectivity index (χ1n) is 7.22. The molecule has 22 heavy (non-hydrogen) atoms. The van der Waals surface area contributed by atoms with Crippen molar-refractivity contribution in [1.82, 2.24) is 4.98 Å². The Morgan fingerprint density at radius 2 is 2.00 bits per heavy atom. The molecule has 0 aliphatic heterocycles. The van der Waals surface area contributed by atoms with Crippen LogP contribution in [0.4, 0.5) is 0 Å². The van der Waals surface area contributed by atoms with Crippen molar-refractivity contribution in [3.63, 3.8) is 0 Å². The van der Waals surface area contributed by atoms with Crippen molar-refractivity contribution in [2.24, 2.45) is 0 Å². The number of H-pyrrole nitrogens is 1. The molecule has 0 fully saturated rings. The van der Waals surface area contributed by atoms with E-state index < -0.39 is 0 Å². The van der Waals surface area contributed by atoms with E-state index in [9.17, 15) is 9.90 Å². The fourth-order valence-electron chi connectivity index (χ4n) is 2.65. The Balaban J connectivity index is 1.64. The lowest BCUT2D eigenvalue weighted by molar-refractivity contribution is 0.0977. The van der Waals surface area contributed by atoms with E-state index in [0.717, 1.165) is 22.8 Å². The van der Waals surface area contributed by atoms with E-state index in [1.807, 2.05) is 24.4 Å². The molecule has 4 heteroatoms. The minimum Gasteiger partial charge on any atom is -0.507 e. The number of aromatic amines is 1. The molecule has 112 valence electrons. The van der Waals surface area contributed by atoms with Gasteiger partial charge in [0.05, 0.1) is 5.56 Å². The van der Waals surface area contributed by atoms with E-state index in [-0.39, 0.29) is 11.5 Å². The number of hydrogen-bond donors (Lipinski definition) is 2. The molecule has 0 amide bonds. The summed E-state index contributed by atoms with van der Waals surface area (Å²) in [6.07, 6.45) is 4.03. The smallest absolute Gasteiger partial charge is 0.166 e. The third-order valence-corrected chi connectivity index (χ3v) is 4.28. The summed E-state index contributed by atoms with van der Waals surface area (Å²) in [4.78, 5) is 15.4. The van der Waals surface area contributed by atoms with E-state index in [1.165, 1.54) is 10.9 Å². The summed E-state index contributed by atoms with van der Waals surface area (Å²) in [5.74, 6) is 0.0105. The Morgan fingerprint density at radius 3 is 2.82 bits per heavy atom. The highest BCUT2D eigenvalue weighted by atomic mass is 79.9. The van der Waals surface area contributed by atoms with Gasteiger partial charge in [-0.1, -0.05) is 34.1 Å². The van der Waals surface area contributed by atoms with Crippen LogP contribution in [-0.2, 0) is 6.42 Å². The summed E-state index contributed by atoms with van der Waals surface area (Å²) in [7, 11) is 0. The zero-order valence-electron chi connectivity index (χ0n) is 12.0. The molecular weight excluding hydrogens is 342 g/mol. The van der Waals surface area contributed by atoms with E-state index in [4.69, 9.17) is 0 Å². The van der Waals surface area contributed by atoms with Crippen molar-refractivity contribution in [2.45, 2.75) is 19.3 Å². The molecule has 0 saturated heterocycles. The van der Waals surface area contributed by atoms with Gasteiger partial charge in [-0.05, 0) is 42.7 Å². The molecule has 2 N–H and O–H groups in total. The van der Waals surface area contributed by atoms with Crippen LogP contribution in [0.3, 0.4) is 0 Å². The number of benzene rings is 2. The molecule has 3 rings (SSSR count). The maximum Gasteiger partial charge on any atom is 0.166 e. The van der Waals surface area contributed by atoms with Gasteiger partial charge < -0.3 is 10.1 Å². The van der Waals surface area contributed by atoms with Gasteiger partial charge in [-0.25, -0.2) is 0 Å². The van der Waals surface area contributed by atoms with Gasteiger partial charge in [0.2, 0.25) is 0 Å². The number of nitrogens with one attached hydrogen (secondary N) is 1. The van der Waals surface area contributed by atoms with Crippen LogP contribution in [0.25, 0.3) is 10.9 Å². The summed E-state index contributed by atoms with van der Waals surface area (Å²) in [5.41, 5.74) is 2.74. The minimum absolute atomic E-state index is 0.0233. The summed E-state index contributed by atoms with van der Waals surface area (Å²) in [6, 6.07) is 13.1. The number of carbonyl (C=O) groups is 1. The average molecular weight is 358 g/mol. The number of halogens is 1. The molecule has 1 heterocycles. The van der Waals surface area contributed by atoms with Crippen LogP contribution >= 0.6 is 15.9 Å². The Bertz CT molecular complexity index is 823. The van der Waals surface area contributed by atoms with Crippen molar-refractivity contribution in [2.75, 3.05) is 0 Å². The second-order valence-corrected chi connectivity index (χ2v) is 6.21. The first kappa shape index (κ1) is 14.9. The first-order valence-corrected chi connectivity index (χ1v) is 8.01. The molecule has 0 aliphatic carbocycles. The van der Waals surface area contributed by atoms with Crippen LogP contribution in [0.2, 0.25) is 0 Å². The molecule has 0 aliphatic rings. The topological polar surface area (TPSA) is 53.1 Å². The summed E-state index contributed by atoms with van der Waals surface area (Å²) in [5, 5.41) is 11.0. The number of phenols is 1. The second-order valence-electron chi connectivity index (χ2n) is 5.30. The number of Topliss-reactive ketones (excluding diaryl/α,β-unsaturated/α-hetero) is 1. The first-order chi connectivity index (χ1) is 10.6. The van der Waals surface area contributed by atoms with Crippen molar-refractivity contribution in [3.05, 3.63) is 64.3 Å². The molecule has 0 radical (unpaired) electrons. The number of ketones is 1. The van der Waals surface area contributed by atoms with Crippen molar-refractivity contribution >= 4 is 32.6 Å². The van der Waals surface area contributed by atoms with Gasteiger partial charge in [0.25, 0.3) is 0 Å². The summed E-state index contributed by atoms with van der Waals surface area (Å²) in [6.45, 7) is 0. The van der Waals surface area contributed by atoms with Crippen molar-refractivity contribution < 1.29 is 9.90 Å². The third kappa shape index (κ3) is 3.07. The van der Waals surface area contributed by atoms with Crippen LogP contribution in [-0.4, -0.2) is 15.9 Å². The minimum atomic E-state index is -0.0233. The maximum atomic E-state index is 12.2. The second kappa shape index (κ2) is 6.36. The van der Waals surface area contributed by atoms with Crippen LogP contribution in [0, 0.1) is 0 Å². The highest BCUT2D eigenvalue weighted by Crippen LogP contribution is 2.25. The number of aromatic hydroxyl groups is 1. The van der Waals surface area contributed by atoms with Crippen molar-refractivity contribution in [1.29, 1.82) is 0 Å². The van der Waals surface area contributed by atoms with Crippen LogP contribution in [0.1, 0.15) is 28.8 Å². The van der Waals surface area contributed by atoms with E-state index >= 15 is 0 Å². The number of fused-ring (bicyclic) bond motifs is 1. The van der Waals surface area contributed by atoms with E-state index in [2.05, 4.69) is 27.0 Å². The normalized spacial score (nSPS) is 11.0. The number of para-hydroxylation sites is 1. The maximum absolute atomic E-state index is 12.2. The largest absolute Gasteiger partial charge is 0.507 e. The molecule has 0 atom stereocenters. The number of carbonyl (C=O) groups excluding carboxylic acids is 1. The molecule has 0 bridgehead atoms. The Labute approximate surface area is 137 Å². The van der Waals surface area contributed by atoms with Gasteiger partial charge in [-0.2, -0.15) is 0 Å². The molecular formula is C18H16BrNO2. The highest BCUT2D eigenvalue weighted by molar-refractivity contribution is 9.10. The van der Waals surface area contributed by atoms with Gasteiger partial charge in [-0.3, -0.25) is 4.79 Å². The number of phenolic OH excluding ortho intramolecular Hbond substituents is 1. The average Bonchev–Trinajstić information content (AvgIpc) is 2.90. The monoisotopic (exact) mass is 357 g/mol. The Hall–Kier alpha value is -2.07. The highest BCUT2D eigenvalue weighted by Gasteiger charge is 2.11. The van der Waals surface area contributed by atoms with Crippen LogP contribution in [0.5, 0.6) is 5.75 Å². The van der Waals surface area contributed by atoms with E-state index in [0.29, 0.717) is 12.0 Å². The van der Waals surface area contributed by atoms with Crippen LogP contribution < -0.4 is 0 Å². The quantitative estimate of drug-likeness (QED) is 0.641. The van der Waals surface area contributed by atoms with Crippen LogP contribution in [0.15, 0.2) is 53.1 Å². The third-order valence-electron chi connectivity index (χ3n) is 3.79. The number of aryl methyl sites for hydroxylation is 1. The number of rotatable bonds is 5. The molecule has 3 aromatic rings. The van der Waals surface area contributed by atoms with Gasteiger partial charge >= 0.3 is 0 Å². The summed E-state index contributed by atoms with van der Waals surface area (Å²) >= 11 is 3.27. The van der Waals surface area contributed by atoms with Gasteiger partial charge in [0.15, 0.2) is 5.78 Å². The molecule has 0 saturated carbocycles. The Morgan fingerprint density at radius 1 is 1.18 bits per heavy atom. The van der Waals surface area contributed by atoms with Crippen molar-refractivity contribution in [3.8, 4) is 5.75 Å². The molecule has 1 aromatic heterocycles. The molecule has 2 aromatic carbocycles. The summed E-state index contributed by atoms with van der Waals surface area (Å²) < 4.78 is 0.764. The molecule has 3 nitrogen and oxygen atoms in total. The van der Waals surface area contributed by atoms with Gasteiger partial charge in [0.1, 0.15) is 5.75 Å². The number of aromatic nitrogens is 1. The predicted octanol–water partition coefficient (Wildman–Crippen LogP) is 4.84. The predicted molar refractivity (Wildman–Crippen MR) is 91.4 cm³/mol. The van der Waals surface area contributed by atoms with Gasteiger partial charge in [-0.15, -0.1) is 0 Å². The molecule has 0 unspecified atom stereocenters. The molecule has 0 spiro atoms. The zero-order valence-corrected chi connectivity index (χ0v) is 13.6. The SMILES string of the molecule is O=C(CCCc1c[nH]c2ccccc12)c1ccc(Br)cc1O. The lowest BCUT2D eigenvalue weighted by Crippen LogP contribution is -2.00. The zero-order chi connectivity index (χ0) is 15.5. The Kier molecular flexibility index (Phi) is 4.29. The van der Waals surface area contributed by atoms with Gasteiger partial charge in [0, 0.05) is 28.0 Å². The number of hydrogen-bond acceptors (Lipinski definition) is 2. The fourth-order valence-corrected chi connectivity index (χ4v) is 3.00.